The molecule has 0 saturated carbocycles. The zero-order valence-electron chi connectivity index (χ0n) is 10.8. The van der Waals surface area contributed by atoms with Gasteiger partial charge in [0.1, 0.15) is 0 Å². The van der Waals surface area contributed by atoms with Crippen molar-refractivity contribution in [1.29, 1.82) is 0 Å². The maximum Gasteiger partial charge on any atom is 0.0700 e. The summed E-state index contributed by atoms with van der Waals surface area (Å²) in [6, 6.07) is 10.6. The lowest BCUT2D eigenvalue weighted by Gasteiger charge is -2.13. The second-order valence-corrected chi connectivity index (χ2v) is 4.12. The molecule has 1 aromatic carbocycles. The van der Waals surface area contributed by atoms with E-state index in [1.54, 1.807) is 7.11 Å². The van der Waals surface area contributed by atoms with Crippen molar-refractivity contribution in [1.82, 2.24) is 5.32 Å². The minimum atomic E-state index is 0.537. The number of hydrogen-bond acceptors (Lipinski definition) is 3. The van der Waals surface area contributed by atoms with Crippen LogP contribution in [0.2, 0.25) is 0 Å². The van der Waals surface area contributed by atoms with Gasteiger partial charge in [-0.25, -0.2) is 0 Å². The van der Waals surface area contributed by atoms with Crippen LogP contribution in [-0.2, 0) is 9.47 Å². The molecule has 1 unspecified atom stereocenters. The van der Waals surface area contributed by atoms with Crippen molar-refractivity contribution in [2.45, 2.75) is 12.8 Å². The summed E-state index contributed by atoms with van der Waals surface area (Å²) in [5.74, 6) is 0.537. The van der Waals surface area contributed by atoms with E-state index >= 15 is 0 Å². The zero-order valence-corrected chi connectivity index (χ0v) is 10.8. The molecule has 1 N–H and O–H groups in total. The molecule has 1 rings (SSSR count). The fraction of sp³-hybridized carbons (Fsp3) is 0.571. The van der Waals surface area contributed by atoms with Crippen LogP contribution in [0.5, 0.6) is 0 Å². The quantitative estimate of drug-likeness (QED) is 0.667. The fourth-order valence-electron chi connectivity index (χ4n) is 1.61. The third kappa shape index (κ3) is 6.41. The van der Waals surface area contributed by atoms with Gasteiger partial charge in [-0.3, -0.25) is 0 Å². The molecule has 0 spiro atoms. The molecule has 0 aromatic heterocycles. The van der Waals surface area contributed by atoms with Crippen molar-refractivity contribution in [2.24, 2.45) is 0 Å². The van der Waals surface area contributed by atoms with Gasteiger partial charge < -0.3 is 14.8 Å². The Bertz CT molecular complexity index is 277. The molecule has 0 bridgehead atoms. The van der Waals surface area contributed by atoms with Gasteiger partial charge in [0, 0.05) is 20.2 Å². The van der Waals surface area contributed by atoms with Gasteiger partial charge in [0.2, 0.25) is 0 Å². The number of ether oxygens (including phenoxy) is 2. The Morgan fingerprint density at radius 1 is 1.12 bits per heavy atom. The summed E-state index contributed by atoms with van der Waals surface area (Å²) in [5.41, 5.74) is 1.38. The third-order valence-corrected chi connectivity index (χ3v) is 2.67. The molecular weight excluding hydrogens is 214 g/mol. The van der Waals surface area contributed by atoms with Crippen molar-refractivity contribution in [3.05, 3.63) is 35.9 Å². The molecule has 1 aromatic rings. The van der Waals surface area contributed by atoms with Crippen LogP contribution >= 0.6 is 0 Å². The fourth-order valence-corrected chi connectivity index (χ4v) is 1.61. The summed E-state index contributed by atoms with van der Waals surface area (Å²) in [6.07, 6.45) is 0. The van der Waals surface area contributed by atoms with Crippen LogP contribution in [0.3, 0.4) is 0 Å². The van der Waals surface area contributed by atoms with E-state index in [1.807, 2.05) is 6.07 Å². The van der Waals surface area contributed by atoms with E-state index in [2.05, 4.69) is 36.5 Å². The first-order valence-electron chi connectivity index (χ1n) is 6.17. The van der Waals surface area contributed by atoms with E-state index in [-0.39, 0.29) is 0 Å². The molecule has 17 heavy (non-hydrogen) atoms. The standard InChI is InChI=1S/C14H23NO2/c1-13(14-6-4-3-5-7-14)12-15-8-9-17-11-10-16-2/h3-7,13,15H,8-12H2,1-2H3. The van der Waals surface area contributed by atoms with Crippen molar-refractivity contribution in [3.8, 4) is 0 Å². The zero-order chi connectivity index (χ0) is 12.3. The predicted molar refractivity (Wildman–Crippen MR) is 70.4 cm³/mol. The van der Waals surface area contributed by atoms with E-state index in [9.17, 15) is 0 Å². The summed E-state index contributed by atoms with van der Waals surface area (Å²) >= 11 is 0. The number of nitrogens with one attached hydrogen (secondary N) is 1. The molecular formula is C14H23NO2. The van der Waals surface area contributed by atoms with Gasteiger partial charge in [0.05, 0.1) is 19.8 Å². The van der Waals surface area contributed by atoms with Crippen molar-refractivity contribution in [3.63, 3.8) is 0 Å². The van der Waals surface area contributed by atoms with Gasteiger partial charge in [0.25, 0.3) is 0 Å². The van der Waals surface area contributed by atoms with Crippen LogP contribution in [-0.4, -0.2) is 40.0 Å². The third-order valence-electron chi connectivity index (χ3n) is 2.67. The SMILES string of the molecule is COCCOCCNCC(C)c1ccccc1. The highest BCUT2D eigenvalue weighted by atomic mass is 16.5. The molecule has 0 aliphatic heterocycles. The average molecular weight is 237 g/mol. The molecule has 3 heteroatoms. The van der Waals surface area contributed by atoms with Crippen molar-refractivity contribution >= 4 is 0 Å². The van der Waals surface area contributed by atoms with Crippen molar-refractivity contribution in [2.75, 3.05) is 40.0 Å². The van der Waals surface area contributed by atoms with E-state index in [4.69, 9.17) is 9.47 Å². The lowest BCUT2D eigenvalue weighted by Crippen LogP contribution is -2.24. The molecule has 0 amide bonds. The Kier molecular flexibility index (Phi) is 7.63. The predicted octanol–water partition coefficient (Wildman–Crippen LogP) is 2.04. The molecule has 0 radical (unpaired) electrons. The molecule has 0 aliphatic rings. The van der Waals surface area contributed by atoms with E-state index in [1.165, 1.54) is 5.56 Å². The van der Waals surface area contributed by atoms with Crippen molar-refractivity contribution < 1.29 is 9.47 Å². The van der Waals surface area contributed by atoms with E-state index < -0.39 is 0 Å². The Labute approximate surface area is 104 Å². The Morgan fingerprint density at radius 2 is 1.88 bits per heavy atom. The minimum Gasteiger partial charge on any atom is -0.382 e. The summed E-state index contributed by atoms with van der Waals surface area (Å²) in [5, 5.41) is 3.39. The van der Waals surface area contributed by atoms with Gasteiger partial charge in [-0.05, 0) is 11.5 Å². The van der Waals surface area contributed by atoms with Crippen LogP contribution in [0.1, 0.15) is 18.4 Å². The first-order valence-corrected chi connectivity index (χ1v) is 6.17. The molecule has 0 aliphatic carbocycles. The van der Waals surface area contributed by atoms with Gasteiger partial charge in [0.15, 0.2) is 0 Å². The number of hydrogen-bond donors (Lipinski definition) is 1. The monoisotopic (exact) mass is 237 g/mol. The van der Waals surface area contributed by atoms with Crippen LogP contribution in [0.15, 0.2) is 30.3 Å². The molecule has 0 heterocycles. The van der Waals surface area contributed by atoms with Gasteiger partial charge in [-0.15, -0.1) is 0 Å². The van der Waals surface area contributed by atoms with Crippen LogP contribution < -0.4 is 5.32 Å². The lowest BCUT2D eigenvalue weighted by molar-refractivity contribution is 0.0719. The topological polar surface area (TPSA) is 30.5 Å². The highest BCUT2D eigenvalue weighted by Gasteiger charge is 2.03. The summed E-state index contributed by atoms with van der Waals surface area (Å²) in [4.78, 5) is 0. The van der Waals surface area contributed by atoms with Gasteiger partial charge >= 0.3 is 0 Å². The maximum atomic E-state index is 5.37. The summed E-state index contributed by atoms with van der Waals surface area (Å²) < 4.78 is 10.3. The first-order chi connectivity index (χ1) is 8.34. The Morgan fingerprint density at radius 3 is 2.59 bits per heavy atom. The first kappa shape index (κ1) is 14.2. The number of rotatable bonds is 9. The molecule has 0 fully saturated rings. The normalized spacial score (nSPS) is 12.6. The van der Waals surface area contributed by atoms with Crippen LogP contribution in [0, 0.1) is 0 Å². The highest BCUT2D eigenvalue weighted by molar-refractivity contribution is 5.18. The lowest BCUT2D eigenvalue weighted by atomic mass is 10.0. The average Bonchev–Trinajstić information content (AvgIpc) is 2.38. The summed E-state index contributed by atoms with van der Waals surface area (Å²) in [6.45, 7) is 6.18. The minimum absolute atomic E-state index is 0.537. The Balaban J connectivity index is 2.03. The largest absolute Gasteiger partial charge is 0.382 e. The molecule has 96 valence electrons. The molecule has 3 nitrogen and oxygen atoms in total. The smallest absolute Gasteiger partial charge is 0.0700 e. The van der Waals surface area contributed by atoms with E-state index in [0.29, 0.717) is 19.1 Å². The number of methoxy groups -OCH3 is 1. The second-order valence-electron chi connectivity index (χ2n) is 4.12. The molecule has 0 saturated heterocycles. The maximum absolute atomic E-state index is 5.37. The van der Waals surface area contributed by atoms with Gasteiger partial charge in [-0.2, -0.15) is 0 Å². The van der Waals surface area contributed by atoms with E-state index in [0.717, 1.165) is 19.7 Å². The van der Waals surface area contributed by atoms with Crippen LogP contribution in [0.4, 0.5) is 0 Å². The highest BCUT2D eigenvalue weighted by Crippen LogP contribution is 2.12. The summed E-state index contributed by atoms with van der Waals surface area (Å²) in [7, 11) is 1.68. The van der Waals surface area contributed by atoms with Crippen LogP contribution in [0.25, 0.3) is 0 Å². The Hall–Kier alpha value is -0.900. The molecule has 1 atom stereocenters. The number of benzene rings is 1. The second kappa shape index (κ2) is 9.16. The van der Waals surface area contributed by atoms with Gasteiger partial charge in [-0.1, -0.05) is 37.3 Å².